The molecule has 1 saturated carbocycles. The van der Waals surface area contributed by atoms with E-state index in [1.54, 1.807) is 19.1 Å². The summed E-state index contributed by atoms with van der Waals surface area (Å²) < 4.78 is 5.39. The largest absolute Gasteiger partial charge is 0.454 e. The minimum atomic E-state index is -0.654. The summed E-state index contributed by atoms with van der Waals surface area (Å²) in [7, 11) is 0. The van der Waals surface area contributed by atoms with Crippen LogP contribution in [0.4, 0.5) is 5.69 Å². The molecule has 0 spiro atoms. The Morgan fingerprint density at radius 1 is 0.974 bits per heavy atom. The number of rotatable bonds is 7. The lowest BCUT2D eigenvalue weighted by Gasteiger charge is -2.22. The fraction of sp³-hybridized carbons (Fsp3) is 0.258. The number of hydrogen-bond acceptors (Lipinski definition) is 6. The molecule has 1 aliphatic rings. The molecule has 0 radical (unpaired) electrons. The summed E-state index contributed by atoms with van der Waals surface area (Å²) in [6, 6.07) is 21.6. The van der Waals surface area contributed by atoms with Gasteiger partial charge in [-0.3, -0.25) is 14.9 Å². The molecular formula is C31H28N2O5. The quantitative estimate of drug-likeness (QED) is 0.113. The average molecular weight is 509 g/mol. The maximum atomic E-state index is 13.2. The van der Waals surface area contributed by atoms with Crippen LogP contribution in [-0.4, -0.2) is 28.3 Å². The van der Waals surface area contributed by atoms with E-state index in [1.165, 1.54) is 55.9 Å². The van der Waals surface area contributed by atoms with Gasteiger partial charge < -0.3 is 4.74 Å². The Labute approximate surface area is 220 Å². The van der Waals surface area contributed by atoms with Gasteiger partial charge in [-0.15, -0.1) is 0 Å². The van der Waals surface area contributed by atoms with Crippen LogP contribution in [0.25, 0.3) is 22.2 Å². The molecule has 3 aromatic carbocycles. The fourth-order valence-corrected chi connectivity index (χ4v) is 5.13. The number of ketones is 1. The highest BCUT2D eigenvalue weighted by Crippen LogP contribution is 2.34. The number of carbonyl (C=O) groups excluding carboxylic acids is 2. The van der Waals surface area contributed by atoms with Crippen LogP contribution >= 0.6 is 0 Å². The Kier molecular flexibility index (Phi) is 7.26. The number of fused-ring (bicyclic) bond motifs is 1. The zero-order valence-electron chi connectivity index (χ0n) is 21.2. The number of para-hydroxylation sites is 1. The normalized spacial score (nSPS) is 13.8. The van der Waals surface area contributed by atoms with E-state index < -0.39 is 23.3 Å². The number of aromatic nitrogens is 1. The van der Waals surface area contributed by atoms with E-state index >= 15 is 0 Å². The SMILES string of the molecule is Cc1ccc(C(=O)COC(=O)c2cc(-c3ccc(C4CCCCC4)cc3)nc3ccccc23)cc1[N+](=O)[O-]. The first-order chi connectivity index (χ1) is 18.4. The Morgan fingerprint density at radius 2 is 1.71 bits per heavy atom. The van der Waals surface area contributed by atoms with Crippen LogP contribution in [0.5, 0.6) is 0 Å². The van der Waals surface area contributed by atoms with Crippen molar-refractivity contribution in [1.82, 2.24) is 4.98 Å². The Bertz CT molecular complexity index is 1520. The van der Waals surface area contributed by atoms with Gasteiger partial charge in [-0.1, -0.05) is 73.9 Å². The maximum Gasteiger partial charge on any atom is 0.339 e. The molecule has 192 valence electrons. The minimum Gasteiger partial charge on any atom is -0.454 e. The third-order valence-corrected chi connectivity index (χ3v) is 7.28. The lowest BCUT2D eigenvalue weighted by Crippen LogP contribution is -2.15. The molecule has 7 heteroatoms. The van der Waals surface area contributed by atoms with E-state index in [-0.39, 0.29) is 11.3 Å². The number of benzene rings is 3. The number of esters is 1. The summed E-state index contributed by atoms with van der Waals surface area (Å²) >= 11 is 0. The lowest BCUT2D eigenvalue weighted by atomic mass is 9.84. The van der Waals surface area contributed by atoms with Gasteiger partial charge in [0.05, 0.1) is 21.7 Å². The Hall–Kier alpha value is -4.39. The highest BCUT2D eigenvalue weighted by atomic mass is 16.6. The number of hydrogen-bond donors (Lipinski definition) is 0. The first-order valence-electron chi connectivity index (χ1n) is 12.9. The monoisotopic (exact) mass is 508 g/mol. The van der Waals surface area contributed by atoms with Crippen LogP contribution in [0.15, 0.2) is 72.8 Å². The Morgan fingerprint density at radius 3 is 2.45 bits per heavy atom. The van der Waals surface area contributed by atoms with Crippen LogP contribution in [0.2, 0.25) is 0 Å². The van der Waals surface area contributed by atoms with Crippen molar-refractivity contribution in [2.75, 3.05) is 6.61 Å². The van der Waals surface area contributed by atoms with Gasteiger partial charge in [0.25, 0.3) is 5.69 Å². The van der Waals surface area contributed by atoms with Crippen LogP contribution in [-0.2, 0) is 4.74 Å². The van der Waals surface area contributed by atoms with Crippen molar-refractivity contribution in [3.63, 3.8) is 0 Å². The molecule has 38 heavy (non-hydrogen) atoms. The molecule has 1 heterocycles. The zero-order chi connectivity index (χ0) is 26.6. The van der Waals surface area contributed by atoms with Gasteiger partial charge in [0.15, 0.2) is 6.61 Å². The van der Waals surface area contributed by atoms with Gasteiger partial charge in [-0.25, -0.2) is 9.78 Å². The summed E-state index contributed by atoms with van der Waals surface area (Å²) in [5.74, 6) is -0.572. The summed E-state index contributed by atoms with van der Waals surface area (Å²) in [6.07, 6.45) is 6.29. The van der Waals surface area contributed by atoms with Crippen molar-refractivity contribution in [2.45, 2.75) is 44.9 Å². The first kappa shape index (κ1) is 25.3. The molecule has 1 aliphatic carbocycles. The maximum absolute atomic E-state index is 13.2. The van der Waals surface area contributed by atoms with Gasteiger partial charge in [-0.2, -0.15) is 0 Å². The number of pyridine rings is 1. The van der Waals surface area contributed by atoms with E-state index in [1.807, 2.05) is 30.3 Å². The second-order valence-electron chi connectivity index (χ2n) is 9.79. The molecule has 0 saturated heterocycles. The van der Waals surface area contributed by atoms with Crippen LogP contribution in [0, 0.1) is 17.0 Å². The van der Waals surface area contributed by atoms with Crippen molar-refractivity contribution >= 4 is 28.3 Å². The highest BCUT2D eigenvalue weighted by molar-refractivity contribution is 6.06. The number of carbonyl (C=O) groups is 2. The molecule has 0 atom stereocenters. The molecule has 1 aromatic heterocycles. The van der Waals surface area contributed by atoms with Crippen LogP contribution in [0.3, 0.4) is 0 Å². The van der Waals surface area contributed by atoms with Gasteiger partial charge in [0.1, 0.15) is 0 Å². The summed E-state index contributed by atoms with van der Waals surface area (Å²) in [6.45, 7) is 1.07. The molecule has 0 bridgehead atoms. The van der Waals surface area contributed by atoms with E-state index in [0.717, 1.165) is 5.56 Å². The van der Waals surface area contributed by atoms with Gasteiger partial charge in [0, 0.05) is 28.1 Å². The minimum absolute atomic E-state index is 0.119. The van der Waals surface area contributed by atoms with Gasteiger partial charge in [0.2, 0.25) is 5.78 Å². The standard InChI is InChI=1S/C31H28N2O5/c1-20-11-12-24(17-29(20)33(36)37)30(34)19-38-31(35)26-18-28(32-27-10-6-5-9-25(26)27)23-15-13-22(14-16-23)21-7-3-2-4-8-21/h5-6,9-18,21H,2-4,7-8,19H2,1H3. The zero-order valence-corrected chi connectivity index (χ0v) is 21.2. The average Bonchev–Trinajstić information content (AvgIpc) is 2.95. The number of nitro groups is 1. The predicted octanol–water partition coefficient (Wildman–Crippen LogP) is 7.21. The molecule has 5 rings (SSSR count). The molecule has 0 amide bonds. The second kappa shape index (κ2) is 10.9. The highest BCUT2D eigenvalue weighted by Gasteiger charge is 2.20. The fourth-order valence-electron chi connectivity index (χ4n) is 5.13. The summed E-state index contributed by atoms with van der Waals surface area (Å²) in [5, 5.41) is 11.8. The van der Waals surface area contributed by atoms with Crippen molar-refractivity contribution < 1.29 is 19.2 Å². The molecule has 4 aromatic rings. The van der Waals surface area contributed by atoms with E-state index in [2.05, 4.69) is 12.1 Å². The molecular weight excluding hydrogens is 480 g/mol. The van der Waals surface area contributed by atoms with Gasteiger partial charge in [-0.05, 0) is 43.4 Å². The van der Waals surface area contributed by atoms with Crippen LogP contribution in [0.1, 0.15) is 69.9 Å². The lowest BCUT2D eigenvalue weighted by molar-refractivity contribution is -0.385. The van der Waals surface area contributed by atoms with Crippen LogP contribution < -0.4 is 0 Å². The number of nitrogens with zero attached hydrogens (tertiary/aromatic N) is 2. The van der Waals surface area contributed by atoms with E-state index in [4.69, 9.17) is 9.72 Å². The summed E-state index contributed by atoms with van der Waals surface area (Å²) in [5.41, 5.74) is 4.25. The molecule has 1 fully saturated rings. The van der Waals surface area contributed by atoms with Gasteiger partial charge >= 0.3 is 5.97 Å². The third-order valence-electron chi connectivity index (χ3n) is 7.28. The van der Waals surface area contributed by atoms with Crippen molar-refractivity contribution in [3.8, 4) is 11.3 Å². The first-order valence-corrected chi connectivity index (χ1v) is 12.9. The molecule has 0 unspecified atom stereocenters. The molecule has 0 aliphatic heterocycles. The predicted molar refractivity (Wildman–Crippen MR) is 145 cm³/mol. The summed E-state index contributed by atoms with van der Waals surface area (Å²) in [4.78, 5) is 41.3. The smallest absolute Gasteiger partial charge is 0.339 e. The molecule has 7 nitrogen and oxygen atoms in total. The topological polar surface area (TPSA) is 99.4 Å². The second-order valence-corrected chi connectivity index (χ2v) is 9.79. The molecule has 0 N–H and O–H groups in total. The van der Waals surface area contributed by atoms with E-state index in [9.17, 15) is 19.7 Å². The van der Waals surface area contributed by atoms with E-state index in [0.29, 0.717) is 33.6 Å². The number of nitro benzene ring substituents is 1. The van der Waals surface area contributed by atoms with Crippen molar-refractivity contribution in [2.24, 2.45) is 0 Å². The number of aryl methyl sites for hydroxylation is 1. The van der Waals surface area contributed by atoms with Crippen molar-refractivity contribution in [3.05, 3.63) is 105 Å². The van der Waals surface area contributed by atoms with Crippen molar-refractivity contribution in [1.29, 1.82) is 0 Å². The Balaban J connectivity index is 1.38. The number of ether oxygens (including phenoxy) is 1. The number of Topliss-reactive ketones (excluding diaryl/α,β-unsaturated/α-hetero) is 1. The third kappa shape index (κ3) is 5.32.